The smallest absolute Gasteiger partial charge is 0.253 e. The van der Waals surface area contributed by atoms with Gasteiger partial charge in [-0.15, -0.1) is 0 Å². The Morgan fingerprint density at radius 3 is 2.52 bits per heavy atom. The molecule has 0 saturated carbocycles. The van der Waals surface area contributed by atoms with Crippen molar-refractivity contribution in [3.63, 3.8) is 0 Å². The SMILES string of the molecule is O=C(c1ccc(-c2ccncc2F)cc1)N1CCNCC1. The summed E-state index contributed by atoms with van der Waals surface area (Å²) in [5, 5.41) is 3.22. The van der Waals surface area contributed by atoms with Crippen LogP contribution in [0.15, 0.2) is 42.7 Å². The van der Waals surface area contributed by atoms with Gasteiger partial charge >= 0.3 is 0 Å². The lowest BCUT2D eigenvalue weighted by molar-refractivity contribution is 0.0736. The highest BCUT2D eigenvalue weighted by molar-refractivity contribution is 5.94. The average Bonchev–Trinajstić information content (AvgIpc) is 2.56. The van der Waals surface area contributed by atoms with Gasteiger partial charge in [-0.05, 0) is 23.8 Å². The number of carbonyl (C=O) groups excluding carboxylic acids is 1. The van der Waals surface area contributed by atoms with Gasteiger partial charge in [-0.25, -0.2) is 4.39 Å². The molecule has 5 heteroatoms. The second kappa shape index (κ2) is 6.01. The minimum atomic E-state index is -0.362. The normalized spacial score (nSPS) is 15.0. The van der Waals surface area contributed by atoms with Gasteiger partial charge in [0.25, 0.3) is 5.91 Å². The molecule has 1 aliphatic heterocycles. The third-order valence-electron chi connectivity index (χ3n) is 3.62. The van der Waals surface area contributed by atoms with Crippen molar-refractivity contribution in [2.45, 2.75) is 0 Å². The van der Waals surface area contributed by atoms with Gasteiger partial charge in [0.2, 0.25) is 0 Å². The van der Waals surface area contributed by atoms with Gasteiger partial charge in [0.1, 0.15) is 5.82 Å². The zero-order valence-corrected chi connectivity index (χ0v) is 11.6. The molecule has 1 fully saturated rings. The van der Waals surface area contributed by atoms with Crippen molar-refractivity contribution in [2.24, 2.45) is 0 Å². The molecule has 1 aromatic carbocycles. The van der Waals surface area contributed by atoms with Crippen LogP contribution in [0.25, 0.3) is 11.1 Å². The monoisotopic (exact) mass is 285 g/mol. The number of carbonyl (C=O) groups is 1. The Bertz CT molecular complexity index is 636. The number of rotatable bonds is 2. The maximum Gasteiger partial charge on any atom is 0.253 e. The van der Waals surface area contributed by atoms with Gasteiger partial charge in [0, 0.05) is 43.5 Å². The number of aromatic nitrogens is 1. The molecule has 1 N–H and O–H groups in total. The molecule has 3 rings (SSSR count). The molecule has 0 bridgehead atoms. The molecule has 1 aliphatic rings. The van der Waals surface area contributed by atoms with Crippen LogP contribution in [0.1, 0.15) is 10.4 Å². The van der Waals surface area contributed by atoms with Crippen LogP contribution in [-0.2, 0) is 0 Å². The zero-order chi connectivity index (χ0) is 14.7. The lowest BCUT2D eigenvalue weighted by Gasteiger charge is -2.27. The van der Waals surface area contributed by atoms with E-state index in [1.807, 2.05) is 4.90 Å². The summed E-state index contributed by atoms with van der Waals surface area (Å²) in [5.74, 6) is -0.336. The molecule has 0 unspecified atom stereocenters. The first-order chi connectivity index (χ1) is 10.3. The highest BCUT2D eigenvalue weighted by Gasteiger charge is 2.17. The van der Waals surface area contributed by atoms with Gasteiger partial charge in [0.05, 0.1) is 6.20 Å². The van der Waals surface area contributed by atoms with Gasteiger partial charge < -0.3 is 10.2 Å². The number of halogens is 1. The van der Waals surface area contributed by atoms with Crippen molar-refractivity contribution in [1.29, 1.82) is 0 Å². The average molecular weight is 285 g/mol. The van der Waals surface area contributed by atoms with Crippen LogP contribution in [0, 0.1) is 5.82 Å². The Kier molecular flexibility index (Phi) is 3.92. The summed E-state index contributed by atoms with van der Waals surface area (Å²) in [6.07, 6.45) is 2.74. The molecule has 0 spiro atoms. The fraction of sp³-hybridized carbons (Fsp3) is 0.250. The Balaban J connectivity index is 1.81. The van der Waals surface area contributed by atoms with Crippen molar-refractivity contribution < 1.29 is 9.18 Å². The molecule has 0 radical (unpaired) electrons. The van der Waals surface area contributed by atoms with Gasteiger partial charge in [-0.3, -0.25) is 9.78 Å². The molecule has 0 aliphatic carbocycles. The van der Waals surface area contributed by atoms with Gasteiger partial charge in [-0.1, -0.05) is 12.1 Å². The predicted molar refractivity (Wildman–Crippen MR) is 78.4 cm³/mol. The van der Waals surface area contributed by atoms with E-state index >= 15 is 0 Å². The molecule has 2 heterocycles. The molecular formula is C16H16FN3O. The number of hydrogen-bond acceptors (Lipinski definition) is 3. The molecule has 1 saturated heterocycles. The number of hydrogen-bond donors (Lipinski definition) is 1. The van der Waals surface area contributed by atoms with Crippen LogP contribution >= 0.6 is 0 Å². The zero-order valence-electron chi connectivity index (χ0n) is 11.6. The molecule has 21 heavy (non-hydrogen) atoms. The summed E-state index contributed by atoms with van der Waals surface area (Å²) in [4.78, 5) is 17.9. The molecule has 1 amide bonds. The van der Waals surface area contributed by atoms with Crippen LogP contribution in [0.2, 0.25) is 0 Å². The van der Waals surface area contributed by atoms with E-state index in [0.29, 0.717) is 11.1 Å². The first-order valence-electron chi connectivity index (χ1n) is 6.95. The first kappa shape index (κ1) is 13.7. The summed E-state index contributed by atoms with van der Waals surface area (Å²) in [6, 6.07) is 8.67. The summed E-state index contributed by atoms with van der Waals surface area (Å²) in [5.41, 5.74) is 1.87. The number of nitrogens with one attached hydrogen (secondary N) is 1. The Morgan fingerprint density at radius 1 is 1.14 bits per heavy atom. The second-order valence-corrected chi connectivity index (χ2v) is 4.98. The molecule has 0 atom stereocenters. The van der Waals surface area contributed by atoms with E-state index in [1.165, 1.54) is 6.20 Å². The highest BCUT2D eigenvalue weighted by atomic mass is 19.1. The first-order valence-corrected chi connectivity index (χ1v) is 6.95. The lowest BCUT2D eigenvalue weighted by atomic mass is 10.0. The van der Waals surface area contributed by atoms with Crippen molar-refractivity contribution in [2.75, 3.05) is 26.2 Å². The van der Waals surface area contributed by atoms with E-state index < -0.39 is 0 Å². The van der Waals surface area contributed by atoms with E-state index in [-0.39, 0.29) is 11.7 Å². The van der Waals surface area contributed by atoms with Gasteiger partial charge in [-0.2, -0.15) is 0 Å². The number of benzene rings is 1. The quantitative estimate of drug-likeness (QED) is 0.917. The van der Waals surface area contributed by atoms with Crippen molar-refractivity contribution >= 4 is 5.91 Å². The minimum absolute atomic E-state index is 0.0262. The molecular weight excluding hydrogens is 269 g/mol. The highest BCUT2D eigenvalue weighted by Crippen LogP contribution is 2.22. The van der Waals surface area contributed by atoms with Crippen LogP contribution in [0.3, 0.4) is 0 Å². The number of pyridine rings is 1. The number of piperazine rings is 1. The standard InChI is InChI=1S/C16H16FN3O/c17-15-11-19-6-5-14(15)12-1-3-13(4-2-12)16(21)20-9-7-18-8-10-20/h1-6,11,18H,7-10H2. The number of amides is 1. The largest absolute Gasteiger partial charge is 0.336 e. The minimum Gasteiger partial charge on any atom is -0.336 e. The van der Waals surface area contributed by atoms with Crippen LogP contribution < -0.4 is 5.32 Å². The van der Waals surface area contributed by atoms with Crippen LogP contribution in [0.5, 0.6) is 0 Å². The third kappa shape index (κ3) is 2.92. The Hall–Kier alpha value is -2.27. The van der Waals surface area contributed by atoms with Crippen LogP contribution in [0.4, 0.5) is 4.39 Å². The third-order valence-corrected chi connectivity index (χ3v) is 3.62. The fourth-order valence-corrected chi connectivity index (χ4v) is 2.45. The summed E-state index contributed by atoms with van der Waals surface area (Å²) in [6.45, 7) is 3.09. The maximum absolute atomic E-state index is 13.7. The number of nitrogens with zero attached hydrogens (tertiary/aromatic N) is 2. The lowest BCUT2D eigenvalue weighted by Crippen LogP contribution is -2.46. The summed E-state index contributed by atoms with van der Waals surface area (Å²) in [7, 11) is 0. The molecule has 1 aromatic heterocycles. The van der Waals surface area contributed by atoms with E-state index in [2.05, 4.69) is 10.3 Å². The van der Waals surface area contributed by atoms with Crippen molar-refractivity contribution in [3.05, 3.63) is 54.1 Å². The molecule has 2 aromatic rings. The van der Waals surface area contributed by atoms with Gasteiger partial charge in [0.15, 0.2) is 0 Å². The van der Waals surface area contributed by atoms with E-state index in [0.717, 1.165) is 31.7 Å². The molecule has 4 nitrogen and oxygen atoms in total. The van der Waals surface area contributed by atoms with Crippen molar-refractivity contribution in [3.8, 4) is 11.1 Å². The topological polar surface area (TPSA) is 45.2 Å². The maximum atomic E-state index is 13.7. The Labute approximate surface area is 122 Å². The predicted octanol–water partition coefficient (Wildman–Crippen LogP) is 1.93. The van der Waals surface area contributed by atoms with E-state index in [9.17, 15) is 9.18 Å². The fourth-order valence-electron chi connectivity index (χ4n) is 2.45. The van der Waals surface area contributed by atoms with E-state index in [4.69, 9.17) is 0 Å². The molecule has 108 valence electrons. The van der Waals surface area contributed by atoms with E-state index in [1.54, 1.807) is 36.5 Å². The Morgan fingerprint density at radius 2 is 1.86 bits per heavy atom. The van der Waals surface area contributed by atoms with Crippen LogP contribution in [-0.4, -0.2) is 42.0 Å². The second-order valence-electron chi connectivity index (χ2n) is 4.98. The summed E-state index contributed by atoms with van der Waals surface area (Å²) < 4.78 is 13.7. The summed E-state index contributed by atoms with van der Waals surface area (Å²) >= 11 is 0. The van der Waals surface area contributed by atoms with Crippen molar-refractivity contribution in [1.82, 2.24) is 15.2 Å².